The monoisotopic (exact) mass is 262 g/mol. The van der Waals surface area contributed by atoms with Crippen molar-refractivity contribution in [3.8, 4) is 11.3 Å². The van der Waals surface area contributed by atoms with Crippen LogP contribution in [0.3, 0.4) is 0 Å². The van der Waals surface area contributed by atoms with Crippen molar-refractivity contribution in [2.45, 2.75) is 25.1 Å². The number of benzene rings is 1. The molecule has 0 saturated carbocycles. The summed E-state index contributed by atoms with van der Waals surface area (Å²) in [6.45, 7) is 4.05. The second-order valence-electron chi connectivity index (χ2n) is 5.03. The molecule has 18 heavy (non-hydrogen) atoms. The molecule has 0 radical (unpaired) electrons. The summed E-state index contributed by atoms with van der Waals surface area (Å²) in [7, 11) is 0. The van der Waals surface area contributed by atoms with Crippen LogP contribution in [0.5, 0.6) is 0 Å². The van der Waals surface area contributed by atoms with Crippen LogP contribution in [0.2, 0.25) is 0 Å². The van der Waals surface area contributed by atoms with Gasteiger partial charge in [0.15, 0.2) is 5.76 Å². The highest BCUT2D eigenvalue weighted by molar-refractivity contribution is 7.98. The van der Waals surface area contributed by atoms with E-state index in [0.717, 1.165) is 28.5 Å². The first kappa shape index (κ1) is 13.2. The van der Waals surface area contributed by atoms with Gasteiger partial charge in [-0.1, -0.05) is 35.5 Å². The maximum atomic E-state index is 5.93. The third kappa shape index (κ3) is 3.89. The first-order chi connectivity index (χ1) is 8.54. The van der Waals surface area contributed by atoms with Crippen LogP contribution in [0.1, 0.15) is 19.5 Å². The molecule has 1 heterocycles. The molecule has 0 aliphatic carbocycles. The van der Waals surface area contributed by atoms with Crippen molar-refractivity contribution in [2.24, 2.45) is 5.73 Å². The molecule has 0 amide bonds. The molecule has 1 aromatic carbocycles. The van der Waals surface area contributed by atoms with Crippen molar-refractivity contribution in [3.63, 3.8) is 0 Å². The van der Waals surface area contributed by atoms with Crippen molar-refractivity contribution in [3.05, 3.63) is 42.1 Å². The van der Waals surface area contributed by atoms with Gasteiger partial charge in [0, 0.05) is 28.7 Å². The maximum absolute atomic E-state index is 5.93. The summed E-state index contributed by atoms with van der Waals surface area (Å²) in [6, 6.07) is 12.0. The van der Waals surface area contributed by atoms with Crippen molar-refractivity contribution >= 4 is 11.8 Å². The van der Waals surface area contributed by atoms with E-state index in [1.54, 1.807) is 11.8 Å². The van der Waals surface area contributed by atoms with Crippen molar-refractivity contribution < 1.29 is 4.52 Å². The van der Waals surface area contributed by atoms with Crippen LogP contribution < -0.4 is 5.73 Å². The molecule has 0 atom stereocenters. The van der Waals surface area contributed by atoms with Gasteiger partial charge in [0.1, 0.15) is 0 Å². The molecular weight excluding hydrogens is 244 g/mol. The molecule has 0 unspecified atom stereocenters. The lowest BCUT2D eigenvalue weighted by Crippen LogP contribution is -2.34. The fraction of sp³-hybridized carbons (Fsp3) is 0.357. The smallest absolute Gasteiger partial charge is 0.167 e. The number of nitrogens with zero attached hydrogens (tertiary/aromatic N) is 1. The molecule has 4 heteroatoms. The predicted octanol–water partition coefficient (Wildman–Crippen LogP) is 3.31. The second-order valence-corrected chi connectivity index (χ2v) is 6.02. The lowest BCUT2D eigenvalue weighted by atomic mass is 10.1. The summed E-state index contributed by atoms with van der Waals surface area (Å²) in [5.74, 6) is 2.55. The lowest BCUT2D eigenvalue weighted by molar-refractivity contribution is 0.426. The van der Waals surface area contributed by atoms with E-state index in [1.807, 2.05) is 50.2 Å². The summed E-state index contributed by atoms with van der Waals surface area (Å²) in [6.07, 6.45) is 0. The van der Waals surface area contributed by atoms with E-state index in [-0.39, 0.29) is 5.54 Å². The zero-order valence-corrected chi connectivity index (χ0v) is 11.5. The molecule has 2 rings (SSSR count). The zero-order valence-electron chi connectivity index (χ0n) is 10.7. The van der Waals surface area contributed by atoms with Crippen LogP contribution in [-0.4, -0.2) is 16.4 Å². The van der Waals surface area contributed by atoms with Crippen LogP contribution in [0, 0.1) is 0 Å². The lowest BCUT2D eigenvalue weighted by Gasteiger charge is -2.16. The largest absolute Gasteiger partial charge is 0.356 e. The average molecular weight is 262 g/mol. The van der Waals surface area contributed by atoms with Gasteiger partial charge in [-0.25, -0.2) is 0 Å². The van der Waals surface area contributed by atoms with Gasteiger partial charge in [0.25, 0.3) is 0 Å². The topological polar surface area (TPSA) is 52.0 Å². The van der Waals surface area contributed by atoms with E-state index < -0.39 is 0 Å². The quantitative estimate of drug-likeness (QED) is 0.898. The Bertz CT molecular complexity index is 488. The normalized spacial score (nSPS) is 11.7. The van der Waals surface area contributed by atoms with E-state index in [1.165, 1.54) is 0 Å². The van der Waals surface area contributed by atoms with E-state index in [9.17, 15) is 0 Å². The fourth-order valence-corrected chi connectivity index (χ4v) is 2.51. The minimum absolute atomic E-state index is 0.142. The Balaban J connectivity index is 1.95. The van der Waals surface area contributed by atoms with Crippen LogP contribution in [-0.2, 0) is 5.75 Å². The molecule has 0 saturated heterocycles. The Kier molecular flexibility index (Phi) is 4.09. The standard InChI is InChI=1S/C14H18N2OS/c1-14(2,15)10-18-9-12-8-13(17-16-12)11-6-4-3-5-7-11/h3-8H,9-10,15H2,1-2H3. The molecule has 96 valence electrons. The molecule has 0 fully saturated rings. The third-order valence-corrected chi connectivity index (χ3v) is 3.79. The Morgan fingerprint density at radius 3 is 2.67 bits per heavy atom. The highest BCUT2D eigenvalue weighted by Gasteiger charge is 2.12. The van der Waals surface area contributed by atoms with E-state index in [2.05, 4.69) is 5.16 Å². The van der Waals surface area contributed by atoms with Gasteiger partial charge in [-0.3, -0.25) is 0 Å². The number of nitrogens with two attached hydrogens (primary N) is 1. The van der Waals surface area contributed by atoms with Gasteiger partial charge in [-0.15, -0.1) is 0 Å². The molecule has 0 bridgehead atoms. The zero-order chi connectivity index (χ0) is 13.0. The van der Waals surface area contributed by atoms with Gasteiger partial charge < -0.3 is 10.3 Å². The second kappa shape index (κ2) is 5.59. The summed E-state index contributed by atoms with van der Waals surface area (Å²) in [5, 5.41) is 4.08. The van der Waals surface area contributed by atoms with Gasteiger partial charge in [-0.2, -0.15) is 11.8 Å². The van der Waals surface area contributed by atoms with Crippen molar-refractivity contribution in [1.82, 2.24) is 5.16 Å². The molecule has 0 spiro atoms. The third-order valence-electron chi connectivity index (χ3n) is 2.34. The molecule has 2 N–H and O–H groups in total. The average Bonchev–Trinajstić information content (AvgIpc) is 2.77. The van der Waals surface area contributed by atoms with Crippen LogP contribution in [0.4, 0.5) is 0 Å². The molecule has 0 aliphatic rings. The number of aromatic nitrogens is 1. The minimum atomic E-state index is -0.142. The summed E-state index contributed by atoms with van der Waals surface area (Å²) >= 11 is 1.77. The number of thioether (sulfide) groups is 1. The van der Waals surface area contributed by atoms with E-state index >= 15 is 0 Å². The Hall–Kier alpha value is -1.26. The highest BCUT2D eigenvalue weighted by Crippen LogP contribution is 2.22. The SMILES string of the molecule is CC(C)(N)CSCc1cc(-c2ccccc2)on1. The first-order valence-electron chi connectivity index (χ1n) is 5.92. The minimum Gasteiger partial charge on any atom is -0.356 e. The predicted molar refractivity (Wildman–Crippen MR) is 76.4 cm³/mol. The van der Waals surface area contributed by atoms with Crippen LogP contribution >= 0.6 is 11.8 Å². The highest BCUT2D eigenvalue weighted by atomic mass is 32.2. The number of rotatable bonds is 5. The molecule has 3 nitrogen and oxygen atoms in total. The molecule has 1 aromatic heterocycles. The first-order valence-corrected chi connectivity index (χ1v) is 7.08. The van der Waals surface area contributed by atoms with Gasteiger partial charge >= 0.3 is 0 Å². The number of hydrogen-bond acceptors (Lipinski definition) is 4. The van der Waals surface area contributed by atoms with Crippen LogP contribution in [0.25, 0.3) is 11.3 Å². The Morgan fingerprint density at radius 1 is 1.28 bits per heavy atom. The Labute approximate surface area is 112 Å². The van der Waals surface area contributed by atoms with Gasteiger partial charge in [0.2, 0.25) is 0 Å². The summed E-state index contributed by atoms with van der Waals surface area (Å²) in [4.78, 5) is 0. The molecule has 0 aliphatic heterocycles. The summed E-state index contributed by atoms with van der Waals surface area (Å²) in [5.41, 5.74) is 7.81. The maximum Gasteiger partial charge on any atom is 0.167 e. The molecule has 2 aromatic rings. The van der Waals surface area contributed by atoms with E-state index in [4.69, 9.17) is 10.3 Å². The van der Waals surface area contributed by atoms with Crippen molar-refractivity contribution in [2.75, 3.05) is 5.75 Å². The van der Waals surface area contributed by atoms with Crippen LogP contribution in [0.15, 0.2) is 40.9 Å². The Morgan fingerprint density at radius 2 is 2.00 bits per heavy atom. The van der Waals surface area contributed by atoms with E-state index in [0.29, 0.717) is 0 Å². The summed E-state index contributed by atoms with van der Waals surface area (Å²) < 4.78 is 5.34. The van der Waals surface area contributed by atoms with Gasteiger partial charge in [-0.05, 0) is 13.8 Å². The number of hydrogen-bond donors (Lipinski definition) is 1. The van der Waals surface area contributed by atoms with Crippen molar-refractivity contribution in [1.29, 1.82) is 0 Å². The molecular formula is C14H18N2OS. The fourth-order valence-electron chi connectivity index (χ4n) is 1.54. The van der Waals surface area contributed by atoms with Gasteiger partial charge in [0.05, 0.1) is 5.69 Å².